The zero-order chi connectivity index (χ0) is 16.7. The molecule has 0 bridgehead atoms. The molecule has 0 aliphatic carbocycles. The lowest BCUT2D eigenvalue weighted by Crippen LogP contribution is -2.30. The molecule has 1 fully saturated rings. The van der Waals surface area contributed by atoms with Gasteiger partial charge in [-0.1, -0.05) is 6.07 Å². The Morgan fingerprint density at radius 1 is 1.17 bits per heavy atom. The van der Waals surface area contributed by atoms with Crippen LogP contribution < -0.4 is 9.47 Å². The van der Waals surface area contributed by atoms with Gasteiger partial charge < -0.3 is 23.9 Å². The number of ether oxygens (including phenoxy) is 2. The lowest BCUT2D eigenvalue weighted by molar-refractivity contribution is 0.0690. The lowest BCUT2D eigenvalue weighted by Gasteiger charge is -2.24. The van der Waals surface area contributed by atoms with Gasteiger partial charge in [0.25, 0.3) is 5.91 Å². The maximum atomic E-state index is 12.7. The summed E-state index contributed by atoms with van der Waals surface area (Å²) in [5.41, 5.74) is 0.937. The molecule has 7 nitrogen and oxygen atoms in total. The van der Waals surface area contributed by atoms with Crippen LogP contribution in [-0.4, -0.2) is 35.2 Å². The smallest absolute Gasteiger partial charge is 0.338 e. The largest absolute Gasteiger partial charge is 0.478 e. The van der Waals surface area contributed by atoms with E-state index in [9.17, 15) is 9.59 Å². The molecule has 124 valence electrons. The second-order valence-corrected chi connectivity index (χ2v) is 5.77. The van der Waals surface area contributed by atoms with Crippen molar-refractivity contribution in [2.75, 3.05) is 13.3 Å². The SMILES string of the molecule is O=C(O)c1coc(C(=O)N2CCC[C@H]2c2ccc3c(c2)OCO3)c1. The molecule has 1 atom stereocenters. The lowest BCUT2D eigenvalue weighted by atomic mass is 10.0. The summed E-state index contributed by atoms with van der Waals surface area (Å²) in [5, 5.41) is 8.95. The fourth-order valence-corrected chi connectivity index (χ4v) is 3.18. The number of rotatable bonds is 3. The normalized spacial score (nSPS) is 18.8. The van der Waals surface area contributed by atoms with E-state index < -0.39 is 5.97 Å². The highest BCUT2D eigenvalue weighted by Gasteiger charge is 2.33. The van der Waals surface area contributed by atoms with Crippen LogP contribution in [0.1, 0.15) is 45.4 Å². The molecule has 1 aromatic carbocycles. The third kappa shape index (κ3) is 2.38. The van der Waals surface area contributed by atoms with Crippen molar-refractivity contribution in [2.24, 2.45) is 0 Å². The van der Waals surface area contributed by atoms with Gasteiger partial charge in [0, 0.05) is 12.6 Å². The van der Waals surface area contributed by atoms with Crippen LogP contribution in [0.25, 0.3) is 0 Å². The van der Waals surface area contributed by atoms with Crippen LogP contribution in [0, 0.1) is 0 Å². The van der Waals surface area contributed by atoms with E-state index in [0.717, 1.165) is 24.7 Å². The Kier molecular flexibility index (Phi) is 3.41. The molecule has 2 aliphatic rings. The van der Waals surface area contributed by atoms with Crippen LogP contribution in [0.15, 0.2) is 34.9 Å². The molecule has 1 aromatic heterocycles. The average Bonchev–Trinajstić information content (AvgIpc) is 3.31. The van der Waals surface area contributed by atoms with Gasteiger partial charge in [-0.2, -0.15) is 0 Å². The summed E-state index contributed by atoms with van der Waals surface area (Å²) in [7, 11) is 0. The van der Waals surface area contributed by atoms with Gasteiger partial charge in [0.2, 0.25) is 6.79 Å². The molecular formula is C17H15NO6. The van der Waals surface area contributed by atoms with Gasteiger partial charge >= 0.3 is 5.97 Å². The Balaban J connectivity index is 1.60. The summed E-state index contributed by atoms with van der Waals surface area (Å²) >= 11 is 0. The van der Waals surface area contributed by atoms with Crippen LogP contribution in [0.5, 0.6) is 11.5 Å². The van der Waals surface area contributed by atoms with Crippen LogP contribution in [-0.2, 0) is 0 Å². The minimum Gasteiger partial charge on any atom is -0.478 e. The number of hydrogen-bond acceptors (Lipinski definition) is 5. The van der Waals surface area contributed by atoms with E-state index in [-0.39, 0.29) is 30.1 Å². The highest BCUT2D eigenvalue weighted by atomic mass is 16.7. The van der Waals surface area contributed by atoms with Gasteiger partial charge in [-0.25, -0.2) is 4.79 Å². The Morgan fingerprint density at radius 2 is 2.00 bits per heavy atom. The molecule has 0 radical (unpaired) electrons. The maximum absolute atomic E-state index is 12.7. The van der Waals surface area contributed by atoms with Gasteiger partial charge in [0.05, 0.1) is 11.6 Å². The minimum absolute atomic E-state index is 0.0304. The molecule has 0 unspecified atom stereocenters. The number of carboxylic acids is 1. The summed E-state index contributed by atoms with van der Waals surface area (Å²) in [4.78, 5) is 25.3. The van der Waals surface area contributed by atoms with Crippen molar-refractivity contribution in [3.63, 3.8) is 0 Å². The average molecular weight is 329 g/mol. The summed E-state index contributed by atoms with van der Waals surface area (Å²) in [6, 6.07) is 6.83. The monoisotopic (exact) mass is 329 g/mol. The topological polar surface area (TPSA) is 89.2 Å². The van der Waals surface area contributed by atoms with Crippen LogP contribution in [0.3, 0.4) is 0 Å². The Labute approximate surface area is 137 Å². The van der Waals surface area contributed by atoms with E-state index in [1.807, 2.05) is 18.2 Å². The molecule has 24 heavy (non-hydrogen) atoms. The first kappa shape index (κ1) is 14.6. The van der Waals surface area contributed by atoms with Crippen LogP contribution in [0.4, 0.5) is 0 Å². The number of carbonyl (C=O) groups is 2. The van der Waals surface area contributed by atoms with Gasteiger partial charge in [0.15, 0.2) is 17.3 Å². The van der Waals surface area contributed by atoms with Gasteiger partial charge in [-0.05, 0) is 30.5 Å². The first-order valence-corrected chi connectivity index (χ1v) is 7.66. The number of carboxylic acid groups (broad SMARTS) is 1. The van der Waals surface area contributed by atoms with E-state index in [4.69, 9.17) is 19.0 Å². The number of fused-ring (bicyclic) bond motifs is 1. The fourth-order valence-electron chi connectivity index (χ4n) is 3.18. The van der Waals surface area contributed by atoms with Crippen molar-refractivity contribution in [2.45, 2.75) is 18.9 Å². The van der Waals surface area contributed by atoms with Crippen molar-refractivity contribution >= 4 is 11.9 Å². The first-order valence-electron chi connectivity index (χ1n) is 7.66. The number of likely N-dealkylation sites (tertiary alicyclic amines) is 1. The third-order valence-corrected chi connectivity index (χ3v) is 4.35. The molecule has 7 heteroatoms. The minimum atomic E-state index is -1.12. The van der Waals surface area contributed by atoms with Gasteiger partial charge in [0.1, 0.15) is 6.26 Å². The van der Waals surface area contributed by atoms with Gasteiger partial charge in [-0.3, -0.25) is 4.79 Å². The maximum Gasteiger partial charge on any atom is 0.338 e. The Bertz CT molecular complexity index is 811. The number of amides is 1. The molecule has 1 saturated heterocycles. The van der Waals surface area contributed by atoms with E-state index in [1.165, 1.54) is 6.07 Å². The highest BCUT2D eigenvalue weighted by Crippen LogP contribution is 2.39. The van der Waals surface area contributed by atoms with Crippen LogP contribution >= 0.6 is 0 Å². The second-order valence-electron chi connectivity index (χ2n) is 5.77. The molecule has 0 saturated carbocycles. The summed E-state index contributed by atoms with van der Waals surface area (Å²) in [6.07, 6.45) is 2.79. The number of nitrogens with zero attached hydrogens (tertiary/aromatic N) is 1. The number of benzene rings is 1. The molecule has 3 heterocycles. The number of carbonyl (C=O) groups excluding carboxylic acids is 1. The Morgan fingerprint density at radius 3 is 2.79 bits per heavy atom. The van der Waals surface area contributed by atoms with E-state index >= 15 is 0 Å². The number of hydrogen-bond donors (Lipinski definition) is 1. The quantitative estimate of drug-likeness (QED) is 0.931. The van der Waals surface area contributed by atoms with E-state index in [1.54, 1.807) is 4.90 Å². The zero-order valence-corrected chi connectivity index (χ0v) is 12.7. The second kappa shape index (κ2) is 5.59. The molecule has 0 spiro atoms. The number of furan rings is 1. The van der Waals surface area contributed by atoms with Crippen molar-refractivity contribution in [1.82, 2.24) is 4.90 Å². The van der Waals surface area contributed by atoms with E-state index in [0.29, 0.717) is 18.0 Å². The van der Waals surface area contributed by atoms with Crippen LogP contribution in [0.2, 0.25) is 0 Å². The van der Waals surface area contributed by atoms with Gasteiger partial charge in [-0.15, -0.1) is 0 Å². The predicted molar refractivity (Wildman–Crippen MR) is 81.2 cm³/mol. The third-order valence-electron chi connectivity index (χ3n) is 4.35. The Hall–Kier alpha value is -2.96. The molecular weight excluding hydrogens is 314 g/mol. The molecule has 2 aliphatic heterocycles. The van der Waals surface area contributed by atoms with Crippen molar-refractivity contribution < 1.29 is 28.6 Å². The highest BCUT2D eigenvalue weighted by molar-refractivity contribution is 5.95. The predicted octanol–water partition coefficient (Wildman–Crippen LogP) is 2.68. The molecule has 2 aromatic rings. The van der Waals surface area contributed by atoms with Crippen molar-refractivity contribution in [3.05, 3.63) is 47.4 Å². The molecule has 1 amide bonds. The summed E-state index contributed by atoms with van der Waals surface area (Å²) < 4.78 is 15.9. The summed E-state index contributed by atoms with van der Waals surface area (Å²) in [5.74, 6) is -0.000952. The zero-order valence-electron chi connectivity index (χ0n) is 12.7. The first-order chi connectivity index (χ1) is 11.6. The summed E-state index contributed by atoms with van der Waals surface area (Å²) in [6.45, 7) is 0.803. The van der Waals surface area contributed by atoms with E-state index in [2.05, 4.69) is 0 Å². The molecule has 4 rings (SSSR count). The van der Waals surface area contributed by atoms with Crippen molar-refractivity contribution in [1.29, 1.82) is 0 Å². The van der Waals surface area contributed by atoms with Crippen molar-refractivity contribution in [3.8, 4) is 11.5 Å². The number of aromatic carboxylic acids is 1. The standard InChI is InChI=1S/C17H15NO6/c19-16(15-7-11(8-22-15)17(20)21)18-5-1-2-12(18)10-3-4-13-14(6-10)24-9-23-13/h3-4,6-8,12H,1-2,5,9H2,(H,20,21)/t12-/m0/s1. The fraction of sp³-hybridized carbons (Fsp3) is 0.294. The molecule has 1 N–H and O–H groups in total.